The lowest BCUT2D eigenvalue weighted by Gasteiger charge is -2.53. The van der Waals surface area contributed by atoms with Gasteiger partial charge >= 0.3 is 0 Å². The zero-order valence-electron chi connectivity index (χ0n) is 37.1. The third-order valence-electron chi connectivity index (χ3n) is 21.9. The van der Waals surface area contributed by atoms with Crippen LogP contribution in [0.3, 0.4) is 0 Å². The number of nitrogens with zero attached hydrogens (tertiary/aromatic N) is 1. The third-order valence-corrected chi connectivity index (χ3v) is 25.9. The SMILES string of the molecule is C1CCC(C2CCC(N(C3CCC(C4CCCC5C6CCC7OC8CCCCC8C7C6SC45)CC3)C3CCCC4C5CCCC(C6CCCCC6)C5SC43)CC2)CC1. The van der Waals surface area contributed by atoms with Crippen molar-refractivity contribution in [2.75, 3.05) is 0 Å². The fourth-order valence-electron chi connectivity index (χ4n) is 19.5. The summed E-state index contributed by atoms with van der Waals surface area (Å²) in [7, 11) is 0. The van der Waals surface area contributed by atoms with Crippen LogP contribution in [0.25, 0.3) is 0 Å². The van der Waals surface area contributed by atoms with E-state index in [1.54, 1.807) is 135 Å². The minimum absolute atomic E-state index is 0.624. The fourth-order valence-corrected chi connectivity index (χ4v) is 24.5. The second kappa shape index (κ2) is 17.5. The first-order valence-corrected chi connectivity index (χ1v) is 29.4. The van der Waals surface area contributed by atoms with E-state index in [0.29, 0.717) is 12.2 Å². The average molecular weight is 830 g/mol. The molecule has 0 aromatic rings. The Labute approximate surface area is 365 Å². The molecule has 2 nitrogen and oxygen atoms in total. The van der Waals surface area contributed by atoms with Crippen molar-refractivity contribution in [1.82, 2.24) is 4.90 Å². The second-order valence-electron chi connectivity index (χ2n) is 24.2. The van der Waals surface area contributed by atoms with Gasteiger partial charge in [-0.25, -0.2) is 0 Å². The summed E-state index contributed by atoms with van der Waals surface area (Å²) >= 11 is 5.29. The molecule has 0 N–H and O–H groups in total. The van der Waals surface area contributed by atoms with E-state index in [-0.39, 0.29) is 0 Å². The molecule has 3 saturated heterocycles. The summed E-state index contributed by atoms with van der Waals surface area (Å²) < 4.78 is 6.91. The Morgan fingerprint density at radius 3 is 1.43 bits per heavy atom. The standard InChI is InChI=1S/C54H87NOS2/c1-3-12-34(13-4-1)35-24-28-38(29-25-35)55(47-22-11-21-44-42-19-9-17-40(51(42)57-53(44)47)36-14-5-2-6-15-36)39-30-26-37(27-31-39)41-18-10-20-43-45-32-33-49-50(54(45)58-52(41)43)46-16-7-8-23-48(46)56-49/h34-54H,1-33H2. The van der Waals surface area contributed by atoms with Crippen LogP contribution in [0.1, 0.15) is 212 Å². The van der Waals surface area contributed by atoms with Gasteiger partial charge in [0.15, 0.2) is 0 Å². The lowest BCUT2D eigenvalue weighted by molar-refractivity contribution is -0.0125. The molecule has 326 valence electrons. The minimum atomic E-state index is 0.624. The first-order chi connectivity index (χ1) is 28.8. The monoisotopic (exact) mass is 830 g/mol. The number of ether oxygens (including phenoxy) is 1. The molecule has 9 aliphatic carbocycles. The van der Waals surface area contributed by atoms with Crippen LogP contribution in [0, 0.1) is 71.0 Å². The van der Waals surface area contributed by atoms with Crippen molar-refractivity contribution in [2.24, 2.45) is 71.0 Å². The summed E-state index contributed by atoms with van der Waals surface area (Å²) in [5.74, 6) is 12.4. The first-order valence-electron chi connectivity index (χ1n) is 27.5. The smallest absolute Gasteiger partial charge is 0.0621 e. The summed E-state index contributed by atoms with van der Waals surface area (Å²) in [4.78, 5) is 3.47. The Balaban J connectivity index is 0.762. The molecule has 3 heterocycles. The predicted molar refractivity (Wildman–Crippen MR) is 246 cm³/mol. The van der Waals surface area contributed by atoms with Gasteiger partial charge in [0.1, 0.15) is 0 Å². The molecule has 0 aromatic heterocycles. The molecule has 12 fully saturated rings. The van der Waals surface area contributed by atoms with Crippen LogP contribution >= 0.6 is 23.5 Å². The van der Waals surface area contributed by atoms with Crippen LogP contribution in [0.15, 0.2) is 0 Å². The van der Waals surface area contributed by atoms with E-state index in [1.807, 2.05) is 0 Å². The summed E-state index contributed by atoms with van der Waals surface area (Å²) in [6, 6.07) is 2.70. The maximum atomic E-state index is 6.91. The zero-order valence-corrected chi connectivity index (χ0v) is 38.8. The number of fused-ring (bicyclic) bond motifs is 10. The van der Waals surface area contributed by atoms with E-state index in [1.165, 1.54) is 77.0 Å². The van der Waals surface area contributed by atoms with Gasteiger partial charge in [-0.1, -0.05) is 96.3 Å². The molecule has 12 rings (SSSR count). The Hall–Kier alpha value is 0.620. The fraction of sp³-hybridized carbons (Fsp3) is 1.00. The topological polar surface area (TPSA) is 12.5 Å². The summed E-state index contributed by atoms with van der Waals surface area (Å²) in [5, 5.41) is 3.93. The van der Waals surface area contributed by atoms with Crippen LogP contribution in [0.5, 0.6) is 0 Å². The van der Waals surface area contributed by atoms with E-state index in [9.17, 15) is 0 Å². The molecule has 0 aromatic carbocycles. The van der Waals surface area contributed by atoms with Gasteiger partial charge in [-0.05, 0) is 181 Å². The highest BCUT2D eigenvalue weighted by Gasteiger charge is 2.60. The highest BCUT2D eigenvalue weighted by atomic mass is 32.2. The molecule has 15 atom stereocenters. The van der Waals surface area contributed by atoms with Crippen molar-refractivity contribution in [3.63, 3.8) is 0 Å². The van der Waals surface area contributed by atoms with Crippen molar-refractivity contribution >= 4 is 23.5 Å². The molecule has 58 heavy (non-hydrogen) atoms. The van der Waals surface area contributed by atoms with Crippen molar-refractivity contribution in [1.29, 1.82) is 0 Å². The minimum Gasteiger partial charge on any atom is -0.374 e. The Kier molecular flexibility index (Phi) is 12.1. The molecule has 0 spiro atoms. The van der Waals surface area contributed by atoms with E-state index in [0.717, 1.165) is 110 Å². The quantitative estimate of drug-likeness (QED) is 0.264. The average Bonchev–Trinajstić information content (AvgIpc) is 3.99. The van der Waals surface area contributed by atoms with E-state index < -0.39 is 0 Å². The lowest BCUT2D eigenvalue weighted by atomic mass is 9.62. The van der Waals surface area contributed by atoms with Crippen molar-refractivity contribution in [3.05, 3.63) is 0 Å². The molecule has 0 amide bonds. The van der Waals surface area contributed by atoms with Gasteiger partial charge in [0, 0.05) is 45.0 Å². The third kappa shape index (κ3) is 7.33. The van der Waals surface area contributed by atoms with Gasteiger partial charge in [0.2, 0.25) is 0 Å². The largest absolute Gasteiger partial charge is 0.374 e. The number of thioether (sulfide) groups is 2. The highest BCUT2D eigenvalue weighted by molar-refractivity contribution is 8.01. The van der Waals surface area contributed by atoms with Crippen LogP contribution in [0.4, 0.5) is 0 Å². The van der Waals surface area contributed by atoms with Gasteiger partial charge < -0.3 is 4.74 Å². The van der Waals surface area contributed by atoms with Crippen LogP contribution in [-0.2, 0) is 4.74 Å². The first kappa shape index (κ1) is 40.2. The Morgan fingerprint density at radius 1 is 0.293 bits per heavy atom. The van der Waals surface area contributed by atoms with Crippen molar-refractivity contribution < 1.29 is 4.74 Å². The number of rotatable bonds is 6. The summed E-state index contributed by atoms with van der Waals surface area (Å²) in [6.07, 6.45) is 52.0. The molecule has 3 aliphatic heterocycles. The van der Waals surface area contributed by atoms with Gasteiger partial charge in [-0.15, -0.1) is 0 Å². The normalized spacial score (nSPS) is 52.6. The maximum Gasteiger partial charge on any atom is 0.0621 e. The lowest BCUT2D eigenvalue weighted by Crippen LogP contribution is -2.57. The number of hydrogen-bond donors (Lipinski definition) is 0. The molecular formula is C54H87NOS2. The van der Waals surface area contributed by atoms with Crippen molar-refractivity contribution in [3.8, 4) is 0 Å². The van der Waals surface area contributed by atoms with Gasteiger partial charge in [0.05, 0.1) is 12.2 Å². The summed E-state index contributed by atoms with van der Waals surface area (Å²) in [6.45, 7) is 0. The summed E-state index contributed by atoms with van der Waals surface area (Å²) in [5.41, 5.74) is 0. The van der Waals surface area contributed by atoms with Crippen molar-refractivity contribution in [2.45, 2.75) is 263 Å². The molecule has 15 unspecified atom stereocenters. The molecular weight excluding hydrogens is 743 g/mol. The molecule has 12 aliphatic rings. The van der Waals surface area contributed by atoms with Crippen LogP contribution < -0.4 is 0 Å². The Bertz CT molecular complexity index is 1360. The van der Waals surface area contributed by atoms with Gasteiger partial charge in [-0.3, -0.25) is 4.90 Å². The van der Waals surface area contributed by atoms with E-state index >= 15 is 0 Å². The highest BCUT2D eigenvalue weighted by Crippen LogP contribution is 2.64. The molecule has 0 radical (unpaired) electrons. The zero-order chi connectivity index (χ0) is 38.2. The van der Waals surface area contributed by atoms with Gasteiger partial charge in [-0.2, -0.15) is 23.5 Å². The van der Waals surface area contributed by atoms with Crippen LogP contribution in [-0.4, -0.2) is 56.2 Å². The molecule has 0 bridgehead atoms. The maximum absolute atomic E-state index is 6.91. The second-order valence-corrected chi connectivity index (χ2v) is 26.9. The predicted octanol–water partition coefficient (Wildman–Crippen LogP) is 14.5. The molecule has 9 saturated carbocycles. The van der Waals surface area contributed by atoms with E-state index in [4.69, 9.17) is 4.74 Å². The van der Waals surface area contributed by atoms with E-state index in [2.05, 4.69) is 28.4 Å². The molecule has 4 heteroatoms. The number of hydrogen-bond acceptors (Lipinski definition) is 4. The Morgan fingerprint density at radius 2 is 0.759 bits per heavy atom. The van der Waals surface area contributed by atoms with Crippen LogP contribution in [0.2, 0.25) is 0 Å². The van der Waals surface area contributed by atoms with Gasteiger partial charge in [0.25, 0.3) is 0 Å².